The van der Waals surface area contributed by atoms with Crippen LogP contribution in [0.2, 0.25) is 0 Å². The number of carbonyl (C=O) groups excluding carboxylic acids is 1. The monoisotopic (exact) mass is 241 g/mol. The number of alkyl carbamates (subject to hydrolysis) is 1. The largest absolute Gasteiger partial charge is 0.444 e. The fourth-order valence-corrected chi connectivity index (χ4v) is 2.12. The first-order valence-corrected chi connectivity index (χ1v) is 6.17. The Morgan fingerprint density at radius 3 is 2.47 bits per heavy atom. The summed E-state index contributed by atoms with van der Waals surface area (Å²) in [6.07, 6.45) is 7.18. The van der Waals surface area contributed by atoms with E-state index in [4.69, 9.17) is 9.84 Å². The van der Waals surface area contributed by atoms with E-state index in [1.54, 1.807) is 6.08 Å². The molecule has 1 amide bonds. The van der Waals surface area contributed by atoms with E-state index < -0.39 is 5.60 Å². The molecule has 0 radical (unpaired) electrons. The number of rotatable bonds is 3. The van der Waals surface area contributed by atoms with Gasteiger partial charge in [0.25, 0.3) is 0 Å². The molecule has 0 atom stereocenters. The lowest BCUT2D eigenvalue weighted by Gasteiger charge is -2.29. The van der Waals surface area contributed by atoms with Crippen LogP contribution in [0.1, 0.15) is 46.5 Å². The lowest BCUT2D eigenvalue weighted by molar-refractivity contribution is 0.0479. The Morgan fingerprint density at radius 1 is 1.41 bits per heavy atom. The number of nitrogens with one attached hydrogen (secondary N) is 1. The van der Waals surface area contributed by atoms with Crippen molar-refractivity contribution < 1.29 is 14.6 Å². The second kappa shape index (κ2) is 5.54. The predicted octanol–water partition coefficient (Wildman–Crippen LogP) is 2.37. The molecule has 17 heavy (non-hydrogen) atoms. The summed E-state index contributed by atoms with van der Waals surface area (Å²) in [5.41, 5.74) is -0.810. The average Bonchev–Trinajstić information content (AvgIpc) is 2.60. The lowest BCUT2D eigenvalue weighted by atomic mass is 9.97. The molecule has 0 bridgehead atoms. The van der Waals surface area contributed by atoms with Gasteiger partial charge in [0, 0.05) is 0 Å². The molecule has 4 nitrogen and oxygen atoms in total. The van der Waals surface area contributed by atoms with Gasteiger partial charge in [0.05, 0.1) is 12.1 Å². The van der Waals surface area contributed by atoms with Gasteiger partial charge < -0.3 is 15.2 Å². The van der Waals surface area contributed by atoms with Crippen molar-refractivity contribution in [2.45, 2.75) is 57.6 Å². The molecule has 1 aliphatic rings. The lowest BCUT2D eigenvalue weighted by Crippen LogP contribution is -2.46. The molecule has 0 heterocycles. The van der Waals surface area contributed by atoms with E-state index in [2.05, 4.69) is 5.32 Å². The number of hydrogen-bond donors (Lipinski definition) is 2. The quantitative estimate of drug-likeness (QED) is 0.746. The van der Waals surface area contributed by atoms with Crippen LogP contribution in [0.15, 0.2) is 12.2 Å². The van der Waals surface area contributed by atoms with Gasteiger partial charge in [0.2, 0.25) is 0 Å². The van der Waals surface area contributed by atoms with Gasteiger partial charge in [-0.3, -0.25) is 0 Å². The van der Waals surface area contributed by atoms with Crippen molar-refractivity contribution in [3.05, 3.63) is 12.2 Å². The van der Waals surface area contributed by atoms with Crippen LogP contribution in [0, 0.1) is 0 Å². The van der Waals surface area contributed by atoms with E-state index in [0.717, 1.165) is 25.7 Å². The molecule has 0 aromatic heterocycles. The second-order valence-electron chi connectivity index (χ2n) is 5.58. The van der Waals surface area contributed by atoms with Crippen molar-refractivity contribution >= 4 is 6.09 Å². The summed E-state index contributed by atoms with van der Waals surface area (Å²) in [5, 5.41) is 11.8. The van der Waals surface area contributed by atoms with Crippen LogP contribution < -0.4 is 5.32 Å². The highest BCUT2D eigenvalue weighted by molar-refractivity contribution is 5.69. The van der Waals surface area contributed by atoms with Gasteiger partial charge in [-0.05, 0) is 33.6 Å². The van der Waals surface area contributed by atoms with E-state index in [1.807, 2.05) is 26.8 Å². The maximum atomic E-state index is 11.8. The first kappa shape index (κ1) is 14.0. The molecular weight excluding hydrogens is 218 g/mol. The van der Waals surface area contributed by atoms with Crippen LogP contribution in [-0.4, -0.2) is 28.9 Å². The fourth-order valence-electron chi connectivity index (χ4n) is 2.12. The summed E-state index contributed by atoms with van der Waals surface area (Å²) in [4.78, 5) is 11.8. The van der Waals surface area contributed by atoms with Gasteiger partial charge in [-0.15, -0.1) is 0 Å². The molecule has 2 N–H and O–H groups in total. The average molecular weight is 241 g/mol. The Balaban J connectivity index is 2.61. The number of aliphatic hydroxyl groups is 1. The molecule has 0 aliphatic heterocycles. The third kappa shape index (κ3) is 4.77. The van der Waals surface area contributed by atoms with Gasteiger partial charge in [-0.25, -0.2) is 4.79 Å². The van der Waals surface area contributed by atoms with Crippen molar-refractivity contribution in [1.82, 2.24) is 5.32 Å². The van der Waals surface area contributed by atoms with Gasteiger partial charge in [-0.1, -0.05) is 25.0 Å². The Labute approximate surface area is 103 Å². The predicted molar refractivity (Wildman–Crippen MR) is 66.8 cm³/mol. The number of hydrogen-bond acceptors (Lipinski definition) is 3. The maximum absolute atomic E-state index is 11.8. The molecule has 0 saturated heterocycles. The Bertz CT molecular complexity index is 286. The molecule has 1 saturated carbocycles. The molecular formula is C13H23NO3. The topological polar surface area (TPSA) is 58.6 Å². The Hall–Kier alpha value is -1.03. The van der Waals surface area contributed by atoms with Crippen molar-refractivity contribution in [3.63, 3.8) is 0 Å². The SMILES string of the molecule is CC(C)(C)OC(=O)NC1(/C=C/CO)CCCC1. The third-order valence-corrected chi connectivity index (χ3v) is 2.79. The molecule has 1 aliphatic carbocycles. The van der Waals surface area contributed by atoms with Crippen LogP contribution in [0.25, 0.3) is 0 Å². The highest BCUT2D eigenvalue weighted by atomic mass is 16.6. The van der Waals surface area contributed by atoms with Gasteiger partial charge >= 0.3 is 6.09 Å². The molecule has 0 unspecified atom stereocenters. The van der Waals surface area contributed by atoms with Crippen LogP contribution in [-0.2, 0) is 4.74 Å². The molecule has 1 fully saturated rings. The van der Waals surface area contributed by atoms with Gasteiger partial charge in [0.1, 0.15) is 5.60 Å². The van der Waals surface area contributed by atoms with Gasteiger partial charge in [-0.2, -0.15) is 0 Å². The van der Waals surface area contributed by atoms with Gasteiger partial charge in [0.15, 0.2) is 0 Å². The van der Waals surface area contributed by atoms with Crippen LogP contribution >= 0.6 is 0 Å². The second-order valence-corrected chi connectivity index (χ2v) is 5.58. The van der Waals surface area contributed by atoms with E-state index >= 15 is 0 Å². The first-order chi connectivity index (χ1) is 7.87. The van der Waals surface area contributed by atoms with Crippen molar-refractivity contribution in [2.75, 3.05) is 6.61 Å². The fraction of sp³-hybridized carbons (Fsp3) is 0.769. The normalized spacial score (nSPS) is 19.5. The zero-order valence-electron chi connectivity index (χ0n) is 11.0. The number of aliphatic hydroxyl groups excluding tert-OH is 1. The minimum atomic E-state index is -0.482. The van der Waals surface area contributed by atoms with E-state index in [0.29, 0.717) is 0 Å². The molecule has 0 spiro atoms. The van der Waals surface area contributed by atoms with Crippen LogP contribution in [0.4, 0.5) is 4.79 Å². The maximum Gasteiger partial charge on any atom is 0.408 e. The molecule has 98 valence electrons. The Morgan fingerprint density at radius 2 is 2.00 bits per heavy atom. The molecule has 4 heteroatoms. The summed E-state index contributed by atoms with van der Waals surface area (Å²) >= 11 is 0. The van der Waals surface area contributed by atoms with E-state index in [1.165, 1.54) is 0 Å². The summed E-state index contributed by atoms with van der Waals surface area (Å²) in [5.74, 6) is 0. The summed E-state index contributed by atoms with van der Waals surface area (Å²) in [6, 6.07) is 0. The number of carbonyl (C=O) groups is 1. The minimum Gasteiger partial charge on any atom is -0.444 e. The standard InChI is InChI=1S/C13H23NO3/c1-12(2,3)17-11(16)14-13(9-6-10-15)7-4-5-8-13/h6,9,15H,4-5,7-8,10H2,1-3H3,(H,14,16)/b9-6+. The number of amides is 1. The van der Waals surface area contributed by atoms with Crippen molar-refractivity contribution in [1.29, 1.82) is 0 Å². The van der Waals surface area contributed by atoms with Crippen molar-refractivity contribution in [2.24, 2.45) is 0 Å². The highest BCUT2D eigenvalue weighted by Gasteiger charge is 2.34. The zero-order chi connectivity index (χ0) is 12.9. The molecule has 0 aromatic carbocycles. The van der Waals surface area contributed by atoms with Crippen LogP contribution in [0.5, 0.6) is 0 Å². The summed E-state index contributed by atoms with van der Waals surface area (Å²) in [7, 11) is 0. The smallest absolute Gasteiger partial charge is 0.408 e. The van der Waals surface area contributed by atoms with Crippen molar-refractivity contribution in [3.8, 4) is 0 Å². The third-order valence-electron chi connectivity index (χ3n) is 2.79. The van der Waals surface area contributed by atoms with Crippen LogP contribution in [0.3, 0.4) is 0 Å². The van der Waals surface area contributed by atoms with E-state index in [9.17, 15) is 4.79 Å². The first-order valence-electron chi connectivity index (χ1n) is 6.17. The minimum absolute atomic E-state index is 0.00223. The summed E-state index contributed by atoms with van der Waals surface area (Å²) in [6.45, 7) is 5.53. The highest BCUT2D eigenvalue weighted by Crippen LogP contribution is 2.31. The molecule has 1 rings (SSSR count). The Kier molecular flexibility index (Phi) is 4.57. The zero-order valence-corrected chi connectivity index (χ0v) is 11.0. The number of ether oxygens (including phenoxy) is 1. The molecule has 0 aromatic rings. The van der Waals surface area contributed by atoms with E-state index in [-0.39, 0.29) is 18.2 Å². The summed E-state index contributed by atoms with van der Waals surface area (Å²) < 4.78 is 5.26.